The Bertz CT molecular complexity index is 596. The molecule has 20 heavy (non-hydrogen) atoms. The molecule has 0 bridgehead atoms. The van der Waals surface area contributed by atoms with Crippen molar-refractivity contribution in [2.45, 2.75) is 13.0 Å². The van der Waals surface area contributed by atoms with Gasteiger partial charge in [-0.1, -0.05) is 42.0 Å². The molecule has 0 fully saturated rings. The number of aryl methyl sites for hydroxylation is 1. The molecule has 1 aliphatic heterocycles. The van der Waals surface area contributed by atoms with Gasteiger partial charge in [0.25, 0.3) is 0 Å². The standard InChI is InChI=1S/C16H18N2O2/c1-11-5-7-12(8-6-11)15(18-17)13-3-2-4-14-16(13)20-10-9-19-14/h2-8,15,18H,9-10,17H2,1H3. The van der Waals surface area contributed by atoms with Crippen LogP contribution in [0, 0.1) is 6.92 Å². The van der Waals surface area contributed by atoms with Crippen molar-refractivity contribution in [2.24, 2.45) is 5.84 Å². The van der Waals surface area contributed by atoms with Gasteiger partial charge in [-0.05, 0) is 18.6 Å². The first-order valence-electron chi connectivity index (χ1n) is 6.71. The lowest BCUT2D eigenvalue weighted by Gasteiger charge is -2.25. The van der Waals surface area contributed by atoms with Crippen molar-refractivity contribution in [1.82, 2.24) is 5.43 Å². The summed E-state index contributed by atoms with van der Waals surface area (Å²) in [5, 5.41) is 0. The minimum atomic E-state index is -0.118. The number of benzene rings is 2. The van der Waals surface area contributed by atoms with E-state index < -0.39 is 0 Å². The van der Waals surface area contributed by atoms with Gasteiger partial charge in [0.2, 0.25) is 0 Å². The molecule has 0 saturated carbocycles. The molecule has 0 radical (unpaired) electrons. The zero-order chi connectivity index (χ0) is 13.9. The Morgan fingerprint density at radius 3 is 2.55 bits per heavy atom. The monoisotopic (exact) mass is 270 g/mol. The van der Waals surface area contributed by atoms with Crippen LogP contribution in [0.3, 0.4) is 0 Å². The first kappa shape index (κ1) is 13.0. The van der Waals surface area contributed by atoms with Gasteiger partial charge in [0.1, 0.15) is 13.2 Å². The number of hydrogen-bond acceptors (Lipinski definition) is 4. The van der Waals surface area contributed by atoms with Gasteiger partial charge < -0.3 is 9.47 Å². The maximum Gasteiger partial charge on any atom is 0.166 e. The quantitative estimate of drug-likeness (QED) is 0.664. The first-order valence-corrected chi connectivity index (χ1v) is 6.71. The van der Waals surface area contributed by atoms with Gasteiger partial charge in [-0.3, -0.25) is 5.84 Å². The van der Waals surface area contributed by atoms with Gasteiger partial charge in [0.15, 0.2) is 11.5 Å². The number of nitrogens with one attached hydrogen (secondary N) is 1. The maximum absolute atomic E-state index is 5.76. The molecule has 3 rings (SSSR count). The van der Waals surface area contributed by atoms with Crippen molar-refractivity contribution in [1.29, 1.82) is 0 Å². The van der Waals surface area contributed by atoms with E-state index >= 15 is 0 Å². The van der Waals surface area contributed by atoms with Crippen molar-refractivity contribution >= 4 is 0 Å². The fraction of sp³-hybridized carbons (Fsp3) is 0.250. The molecule has 0 amide bonds. The number of fused-ring (bicyclic) bond motifs is 1. The lowest BCUT2D eigenvalue weighted by Crippen LogP contribution is -2.30. The highest BCUT2D eigenvalue weighted by Crippen LogP contribution is 2.38. The Morgan fingerprint density at radius 2 is 1.80 bits per heavy atom. The van der Waals surface area contributed by atoms with Crippen LogP contribution in [0.2, 0.25) is 0 Å². The van der Waals surface area contributed by atoms with Gasteiger partial charge >= 0.3 is 0 Å². The predicted octanol–water partition coefficient (Wildman–Crippen LogP) is 2.32. The molecule has 1 aliphatic rings. The van der Waals surface area contributed by atoms with E-state index in [9.17, 15) is 0 Å². The van der Waals surface area contributed by atoms with E-state index in [0.29, 0.717) is 13.2 Å². The van der Waals surface area contributed by atoms with E-state index in [-0.39, 0.29) is 6.04 Å². The van der Waals surface area contributed by atoms with Crippen LogP contribution < -0.4 is 20.7 Å². The van der Waals surface area contributed by atoms with Gasteiger partial charge in [0, 0.05) is 5.56 Å². The van der Waals surface area contributed by atoms with E-state index in [1.54, 1.807) is 0 Å². The van der Waals surface area contributed by atoms with Crippen LogP contribution in [-0.4, -0.2) is 13.2 Å². The molecule has 1 heterocycles. The second-order valence-corrected chi connectivity index (χ2v) is 4.88. The number of hydrazine groups is 1. The number of nitrogens with two attached hydrogens (primary N) is 1. The highest BCUT2D eigenvalue weighted by Gasteiger charge is 2.22. The van der Waals surface area contributed by atoms with Crippen LogP contribution >= 0.6 is 0 Å². The summed E-state index contributed by atoms with van der Waals surface area (Å²) in [6.45, 7) is 3.22. The van der Waals surface area contributed by atoms with Gasteiger partial charge in [0.05, 0.1) is 6.04 Å². The zero-order valence-electron chi connectivity index (χ0n) is 11.4. The SMILES string of the molecule is Cc1ccc(C(NN)c2cccc3c2OCCO3)cc1. The van der Waals surface area contributed by atoms with E-state index in [0.717, 1.165) is 22.6 Å². The van der Waals surface area contributed by atoms with Gasteiger partial charge in [-0.25, -0.2) is 5.43 Å². The van der Waals surface area contributed by atoms with Crippen molar-refractivity contribution in [3.05, 3.63) is 59.2 Å². The van der Waals surface area contributed by atoms with Crippen LogP contribution in [-0.2, 0) is 0 Å². The largest absolute Gasteiger partial charge is 0.486 e. The third-order valence-corrected chi connectivity index (χ3v) is 3.49. The minimum absolute atomic E-state index is 0.118. The van der Waals surface area contributed by atoms with E-state index in [4.69, 9.17) is 15.3 Å². The first-order chi connectivity index (χ1) is 9.79. The van der Waals surface area contributed by atoms with Gasteiger partial charge in [-0.2, -0.15) is 0 Å². The fourth-order valence-corrected chi connectivity index (χ4v) is 2.45. The second kappa shape index (κ2) is 5.53. The van der Waals surface area contributed by atoms with Gasteiger partial charge in [-0.15, -0.1) is 0 Å². The summed E-state index contributed by atoms with van der Waals surface area (Å²) in [5.41, 5.74) is 6.18. The maximum atomic E-state index is 5.76. The van der Waals surface area contributed by atoms with Crippen LogP contribution in [0.25, 0.3) is 0 Å². The lowest BCUT2D eigenvalue weighted by atomic mass is 9.97. The van der Waals surface area contributed by atoms with Crippen LogP contribution in [0.5, 0.6) is 11.5 Å². The summed E-state index contributed by atoms with van der Waals surface area (Å²) >= 11 is 0. The van der Waals surface area contributed by atoms with Crippen molar-refractivity contribution in [3.8, 4) is 11.5 Å². The molecule has 0 aromatic heterocycles. The second-order valence-electron chi connectivity index (χ2n) is 4.88. The molecular weight excluding hydrogens is 252 g/mol. The molecular formula is C16H18N2O2. The minimum Gasteiger partial charge on any atom is -0.486 e. The molecule has 2 aromatic rings. The third kappa shape index (κ3) is 2.35. The number of ether oxygens (including phenoxy) is 2. The van der Waals surface area contributed by atoms with Crippen molar-refractivity contribution < 1.29 is 9.47 Å². The Hall–Kier alpha value is -2.04. The molecule has 1 unspecified atom stereocenters. The summed E-state index contributed by atoms with van der Waals surface area (Å²) in [6.07, 6.45) is 0. The number of hydrogen-bond donors (Lipinski definition) is 2. The van der Waals surface area contributed by atoms with E-state index in [1.165, 1.54) is 5.56 Å². The summed E-state index contributed by atoms with van der Waals surface area (Å²) in [5.74, 6) is 7.32. The molecule has 3 N–H and O–H groups in total. The molecule has 0 aliphatic carbocycles. The summed E-state index contributed by atoms with van der Waals surface area (Å²) in [7, 11) is 0. The molecule has 4 nitrogen and oxygen atoms in total. The average molecular weight is 270 g/mol. The Morgan fingerprint density at radius 1 is 1.05 bits per heavy atom. The smallest absolute Gasteiger partial charge is 0.166 e. The van der Waals surface area contributed by atoms with Crippen molar-refractivity contribution in [3.63, 3.8) is 0 Å². The summed E-state index contributed by atoms with van der Waals surface area (Å²) in [4.78, 5) is 0. The molecule has 104 valence electrons. The van der Waals surface area contributed by atoms with Crippen LogP contribution in [0.15, 0.2) is 42.5 Å². The number of para-hydroxylation sites is 1. The summed E-state index contributed by atoms with van der Waals surface area (Å²) < 4.78 is 11.4. The Labute approximate surface area is 118 Å². The molecule has 0 spiro atoms. The topological polar surface area (TPSA) is 56.5 Å². The fourth-order valence-electron chi connectivity index (χ4n) is 2.45. The van der Waals surface area contributed by atoms with Crippen LogP contribution in [0.1, 0.15) is 22.7 Å². The highest BCUT2D eigenvalue weighted by molar-refractivity contribution is 5.51. The Kier molecular flexibility index (Phi) is 3.58. The predicted molar refractivity (Wildman–Crippen MR) is 77.8 cm³/mol. The zero-order valence-corrected chi connectivity index (χ0v) is 11.4. The Balaban J connectivity index is 2.03. The number of rotatable bonds is 3. The molecule has 2 aromatic carbocycles. The molecule has 1 atom stereocenters. The summed E-state index contributed by atoms with van der Waals surface area (Å²) in [6, 6.07) is 14.1. The highest BCUT2D eigenvalue weighted by atomic mass is 16.6. The average Bonchev–Trinajstić information content (AvgIpc) is 2.50. The molecule has 4 heteroatoms. The molecule has 0 saturated heterocycles. The third-order valence-electron chi connectivity index (χ3n) is 3.49. The lowest BCUT2D eigenvalue weighted by molar-refractivity contribution is 0.169. The van der Waals surface area contributed by atoms with E-state index in [1.807, 2.05) is 18.2 Å². The van der Waals surface area contributed by atoms with Crippen molar-refractivity contribution in [2.75, 3.05) is 13.2 Å². The normalized spacial score (nSPS) is 14.9. The van der Waals surface area contributed by atoms with Crippen LogP contribution in [0.4, 0.5) is 0 Å². The van der Waals surface area contributed by atoms with E-state index in [2.05, 4.69) is 36.6 Å².